The molecule has 1 heterocycles. The molecule has 0 bridgehead atoms. The van der Waals surface area contributed by atoms with Crippen LogP contribution in [0.5, 0.6) is 5.75 Å². The quantitative estimate of drug-likeness (QED) is 0.379. The summed E-state index contributed by atoms with van der Waals surface area (Å²) in [5.74, 6) is 0.810. The van der Waals surface area contributed by atoms with E-state index in [0.717, 1.165) is 22.3 Å². The Labute approximate surface area is 156 Å². The van der Waals surface area contributed by atoms with E-state index in [4.69, 9.17) is 4.74 Å². The number of para-hydroxylation sites is 2. The van der Waals surface area contributed by atoms with Crippen LogP contribution in [-0.4, -0.2) is 33.9 Å². The Hall–Kier alpha value is -2.80. The maximum Gasteiger partial charge on any atom is 0.250 e. The van der Waals surface area contributed by atoms with Crippen molar-refractivity contribution in [2.45, 2.75) is 25.1 Å². The summed E-state index contributed by atoms with van der Waals surface area (Å²) >= 11 is 1.34. The molecule has 0 aliphatic heterocycles. The zero-order valence-electron chi connectivity index (χ0n) is 14.6. The van der Waals surface area contributed by atoms with E-state index >= 15 is 0 Å². The Morgan fingerprint density at radius 2 is 2.15 bits per heavy atom. The van der Waals surface area contributed by atoms with Gasteiger partial charge in [-0.2, -0.15) is 5.10 Å². The maximum atomic E-state index is 11.9. The lowest BCUT2D eigenvalue weighted by atomic mass is 10.2. The SMILES string of the molecule is CC(C)Oc1cccc(/C=N\NC(=O)CSc2nc3ccccc3[nH]2)c1. The van der Waals surface area contributed by atoms with Gasteiger partial charge in [-0.3, -0.25) is 4.79 Å². The van der Waals surface area contributed by atoms with Gasteiger partial charge in [-0.05, 0) is 43.7 Å². The number of hydrazone groups is 1. The van der Waals surface area contributed by atoms with E-state index in [2.05, 4.69) is 20.5 Å². The Bertz CT molecular complexity index is 888. The van der Waals surface area contributed by atoms with E-state index in [1.54, 1.807) is 6.21 Å². The average Bonchev–Trinajstić information content (AvgIpc) is 3.03. The number of rotatable bonds is 7. The lowest BCUT2D eigenvalue weighted by Crippen LogP contribution is -2.19. The Morgan fingerprint density at radius 3 is 2.96 bits per heavy atom. The van der Waals surface area contributed by atoms with Gasteiger partial charge in [0.1, 0.15) is 5.75 Å². The van der Waals surface area contributed by atoms with Crippen molar-refractivity contribution in [2.75, 3.05) is 5.75 Å². The number of thioether (sulfide) groups is 1. The van der Waals surface area contributed by atoms with E-state index in [1.165, 1.54) is 11.8 Å². The molecular weight excluding hydrogens is 348 g/mol. The molecule has 0 aliphatic carbocycles. The molecule has 2 N–H and O–H groups in total. The molecule has 0 saturated carbocycles. The number of hydrogen-bond acceptors (Lipinski definition) is 5. The van der Waals surface area contributed by atoms with E-state index < -0.39 is 0 Å². The minimum Gasteiger partial charge on any atom is -0.491 e. The van der Waals surface area contributed by atoms with Crippen LogP contribution in [-0.2, 0) is 4.79 Å². The molecule has 1 amide bonds. The van der Waals surface area contributed by atoms with Gasteiger partial charge in [0, 0.05) is 0 Å². The van der Waals surface area contributed by atoms with Gasteiger partial charge >= 0.3 is 0 Å². The molecule has 6 nitrogen and oxygen atoms in total. The second-order valence-electron chi connectivity index (χ2n) is 5.88. The summed E-state index contributed by atoms with van der Waals surface area (Å²) in [6, 6.07) is 15.3. The second kappa shape index (κ2) is 8.53. The molecule has 2 aromatic carbocycles. The fraction of sp³-hybridized carbons (Fsp3) is 0.211. The van der Waals surface area contributed by atoms with Crippen LogP contribution < -0.4 is 10.2 Å². The molecule has 0 unspecified atom stereocenters. The highest BCUT2D eigenvalue weighted by Crippen LogP contribution is 2.18. The number of benzene rings is 2. The molecule has 0 atom stereocenters. The number of ether oxygens (including phenoxy) is 1. The predicted molar refractivity (Wildman–Crippen MR) is 105 cm³/mol. The Kier molecular flexibility index (Phi) is 5.91. The molecule has 0 saturated heterocycles. The Balaban J connectivity index is 1.49. The molecule has 0 aliphatic rings. The first-order valence-corrected chi connectivity index (χ1v) is 9.25. The van der Waals surface area contributed by atoms with Crippen LogP contribution in [0.25, 0.3) is 11.0 Å². The summed E-state index contributed by atoms with van der Waals surface area (Å²) in [6.07, 6.45) is 1.70. The monoisotopic (exact) mass is 368 g/mol. The number of H-pyrrole nitrogens is 1. The summed E-state index contributed by atoms with van der Waals surface area (Å²) in [4.78, 5) is 19.5. The number of aromatic amines is 1. The number of carbonyl (C=O) groups is 1. The molecule has 1 aromatic heterocycles. The first-order valence-electron chi connectivity index (χ1n) is 8.26. The number of nitrogens with zero attached hydrogens (tertiary/aromatic N) is 2. The molecule has 26 heavy (non-hydrogen) atoms. The van der Waals surface area contributed by atoms with E-state index in [-0.39, 0.29) is 17.8 Å². The molecule has 0 fully saturated rings. The highest BCUT2D eigenvalue weighted by atomic mass is 32.2. The number of carbonyl (C=O) groups excluding carboxylic acids is 1. The molecule has 3 rings (SSSR count). The number of imidazole rings is 1. The summed E-state index contributed by atoms with van der Waals surface area (Å²) < 4.78 is 5.63. The lowest BCUT2D eigenvalue weighted by Gasteiger charge is -2.09. The predicted octanol–water partition coefficient (Wildman–Crippen LogP) is 3.59. The van der Waals surface area contributed by atoms with Crippen molar-refractivity contribution in [3.63, 3.8) is 0 Å². The second-order valence-corrected chi connectivity index (χ2v) is 6.84. The van der Waals surface area contributed by atoms with Gasteiger partial charge in [-0.15, -0.1) is 0 Å². The molecule has 134 valence electrons. The normalized spacial score (nSPS) is 11.3. The topological polar surface area (TPSA) is 79.4 Å². The minimum atomic E-state index is -0.193. The third kappa shape index (κ3) is 5.10. The van der Waals surface area contributed by atoms with Crippen LogP contribution in [0.1, 0.15) is 19.4 Å². The third-order valence-corrected chi connectivity index (χ3v) is 4.21. The van der Waals surface area contributed by atoms with Crippen molar-refractivity contribution in [3.8, 4) is 5.75 Å². The molecular formula is C19H20N4O2S. The average molecular weight is 368 g/mol. The molecule has 3 aromatic rings. The largest absolute Gasteiger partial charge is 0.491 e. The van der Waals surface area contributed by atoms with Crippen molar-refractivity contribution in [2.24, 2.45) is 5.10 Å². The van der Waals surface area contributed by atoms with E-state index in [0.29, 0.717) is 5.16 Å². The summed E-state index contributed by atoms with van der Waals surface area (Å²) in [7, 11) is 0. The maximum absolute atomic E-state index is 11.9. The number of nitrogens with one attached hydrogen (secondary N) is 2. The van der Waals surface area contributed by atoms with Crippen molar-refractivity contribution in [1.82, 2.24) is 15.4 Å². The number of aromatic nitrogens is 2. The summed E-state index contributed by atoms with van der Waals surface area (Å²) in [6.45, 7) is 3.95. The van der Waals surface area contributed by atoms with Gasteiger partial charge in [-0.25, -0.2) is 10.4 Å². The smallest absolute Gasteiger partial charge is 0.250 e. The van der Waals surface area contributed by atoms with Crippen LogP contribution >= 0.6 is 11.8 Å². The van der Waals surface area contributed by atoms with Gasteiger partial charge in [0.05, 0.1) is 29.1 Å². The van der Waals surface area contributed by atoms with Gasteiger partial charge in [0.25, 0.3) is 5.91 Å². The van der Waals surface area contributed by atoms with Crippen LogP contribution in [0.15, 0.2) is 58.8 Å². The molecule has 0 radical (unpaired) electrons. The summed E-state index contributed by atoms with van der Waals surface area (Å²) in [5.41, 5.74) is 5.22. The number of hydrogen-bond donors (Lipinski definition) is 2. The van der Waals surface area contributed by atoms with Crippen LogP contribution in [0.4, 0.5) is 0 Å². The van der Waals surface area contributed by atoms with Gasteiger partial charge in [0.2, 0.25) is 0 Å². The van der Waals surface area contributed by atoms with Gasteiger partial charge in [-0.1, -0.05) is 36.0 Å². The lowest BCUT2D eigenvalue weighted by molar-refractivity contribution is -0.118. The van der Waals surface area contributed by atoms with Crippen molar-refractivity contribution < 1.29 is 9.53 Å². The molecule has 7 heteroatoms. The highest BCUT2D eigenvalue weighted by Gasteiger charge is 2.06. The van der Waals surface area contributed by atoms with Crippen molar-refractivity contribution in [1.29, 1.82) is 0 Å². The first kappa shape index (κ1) is 18.0. The standard InChI is InChI=1S/C19H20N4O2S/c1-13(2)25-15-7-5-6-14(10-15)11-20-23-18(24)12-26-19-21-16-8-3-4-9-17(16)22-19/h3-11,13H,12H2,1-2H3,(H,21,22)(H,23,24)/b20-11-. The third-order valence-electron chi connectivity index (χ3n) is 3.34. The zero-order valence-corrected chi connectivity index (χ0v) is 15.4. The number of amides is 1. The Morgan fingerprint density at radius 1 is 1.31 bits per heavy atom. The highest BCUT2D eigenvalue weighted by molar-refractivity contribution is 7.99. The summed E-state index contributed by atoms with van der Waals surface area (Å²) in [5, 5.41) is 4.70. The first-order chi connectivity index (χ1) is 12.6. The fourth-order valence-corrected chi connectivity index (χ4v) is 2.96. The molecule has 0 spiro atoms. The van der Waals surface area contributed by atoms with Gasteiger partial charge in [0.15, 0.2) is 5.16 Å². The number of fused-ring (bicyclic) bond motifs is 1. The van der Waals surface area contributed by atoms with E-state index in [9.17, 15) is 4.79 Å². The van der Waals surface area contributed by atoms with Crippen molar-refractivity contribution in [3.05, 3.63) is 54.1 Å². The fourth-order valence-electron chi connectivity index (χ4n) is 2.28. The zero-order chi connectivity index (χ0) is 18.4. The van der Waals surface area contributed by atoms with E-state index in [1.807, 2.05) is 62.4 Å². The van der Waals surface area contributed by atoms with Crippen molar-refractivity contribution >= 4 is 34.9 Å². The minimum absolute atomic E-state index is 0.108. The van der Waals surface area contributed by atoms with Crippen LogP contribution in [0, 0.1) is 0 Å². The van der Waals surface area contributed by atoms with Gasteiger partial charge < -0.3 is 9.72 Å². The van der Waals surface area contributed by atoms with Crippen LogP contribution in [0.3, 0.4) is 0 Å². The van der Waals surface area contributed by atoms with Crippen LogP contribution in [0.2, 0.25) is 0 Å².